The maximum atomic E-state index is 12.9. The highest BCUT2D eigenvalue weighted by Crippen LogP contribution is 2.49. The Morgan fingerprint density at radius 2 is 1.76 bits per heavy atom. The SMILES string of the molecule is CCC(CC)C(=O)OC[C@@]12CCCCC(=O)[C@@H]1[C@H](OC(C)=O)O[C@@H](OC(C)=O)C2. The van der Waals surface area contributed by atoms with Crippen LogP contribution in [0.5, 0.6) is 0 Å². The molecule has 0 amide bonds. The van der Waals surface area contributed by atoms with E-state index in [9.17, 15) is 19.2 Å². The van der Waals surface area contributed by atoms with Gasteiger partial charge in [0.05, 0.1) is 18.4 Å². The molecule has 0 radical (unpaired) electrons. The molecule has 164 valence electrons. The van der Waals surface area contributed by atoms with Gasteiger partial charge in [0.15, 0.2) is 0 Å². The maximum absolute atomic E-state index is 12.9. The fourth-order valence-corrected chi connectivity index (χ4v) is 4.40. The van der Waals surface area contributed by atoms with Gasteiger partial charge < -0.3 is 18.9 Å². The van der Waals surface area contributed by atoms with Gasteiger partial charge in [0.2, 0.25) is 12.6 Å². The van der Waals surface area contributed by atoms with Crippen molar-refractivity contribution in [1.29, 1.82) is 0 Å². The van der Waals surface area contributed by atoms with Gasteiger partial charge in [0, 0.05) is 32.1 Å². The Balaban J connectivity index is 2.35. The van der Waals surface area contributed by atoms with Crippen LogP contribution in [-0.2, 0) is 38.1 Å². The topological polar surface area (TPSA) is 105 Å². The molecule has 2 aliphatic rings. The number of ether oxygens (including phenoxy) is 4. The molecule has 1 saturated heterocycles. The average Bonchev–Trinajstić information content (AvgIpc) is 2.79. The number of esters is 3. The molecular formula is C21H32O8. The molecule has 0 spiro atoms. The van der Waals surface area contributed by atoms with Crippen LogP contribution in [0, 0.1) is 17.3 Å². The molecule has 0 aromatic carbocycles. The molecule has 0 bridgehead atoms. The Kier molecular flexibility index (Phi) is 8.19. The van der Waals surface area contributed by atoms with E-state index < -0.39 is 35.9 Å². The highest BCUT2D eigenvalue weighted by atomic mass is 16.8. The summed E-state index contributed by atoms with van der Waals surface area (Å²) in [4.78, 5) is 48.6. The molecule has 2 fully saturated rings. The van der Waals surface area contributed by atoms with E-state index in [-0.39, 0.29) is 30.7 Å². The van der Waals surface area contributed by atoms with Crippen LogP contribution in [0.15, 0.2) is 0 Å². The summed E-state index contributed by atoms with van der Waals surface area (Å²) in [5.41, 5.74) is -0.812. The quantitative estimate of drug-likeness (QED) is 0.464. The van der Waals surface area contributed by atoms with Crippen LogP contribution in [0.2, 0.25) is 0 Å². The Bertz CT molecular complexity index is 626. The number of carbonyl (C=O) groups is 4. The van der Waals surface area contributed by atoms with E-state index in [0.717, 1.165) is 6.42 Å². The van der Waals surface area contributed by atoms with E-state index in [1.165, 1.54) is 13.8 Å². The molecule has 1 heterocycles. The zero-order valence-corrected chi connectivity index (χ0v) is 17.7. The van der Waals surface area contributed by atoms with E-state index in [1.54, 1.807) is 0 Å². The van der Waals surface area contributed by atoms with Crippen molar-refractivity contribution in [2.24, 2.45) is 17.3 Å². The van der Waals surface area contributed by atoms with Crippen molar-refractivity contribution in [2.45, 2.75) is 85.2 Å². The van der Waals surface area contributed by atoms with Gasteiger partial charge >= 0.3 is 17.9 Å². The van der Waals surface area contributed by atoms with Gasteiger partial charge in [0.1, 0.15) is 5.78 Å². The molecule has 1 aliphatic carbocycles. The molecule has 1 saturated carbocycles. The normalized spacial score (nSPS) is 29.6. The first-order valence-electron chi connectivity index (χ1n) is 10.4. The summed E-state index contributed by atoms with van der Waals surface area (Å²) in [6.07, 6.45) is 1.75. The number of rotatable bonds is 7. The van der Waals surface area contributed by atoms with Crippen LogP contribution in [0.1, 0.15) is 72.6 Å². The second-order valence-corrected chi connectivity index (χ2v) is 7.99. The smallest absolute Gasteiger partial charge is 0.308 e. The summed E-state index contributed by atoms with van der Waals surface area (Å²) in [6.45, 7) is 6.34. The molecule has 0 N–H and O–H groups in total. The first-order valence-corrected chi connectivity index (χ1v) is 10.4. The highest BCUT2D eigenvalue weighted by molar-refractivity contribution is 5.83. The van der Waals surface area contributed by atoms with Crippen molar-refractivity contribution in [1.82, 2.24) is 0 Å². The highest BCUT2D eigenvalue weighted by Gasteiger charge is 2.56. The predicted molar refractivity (Wildman–Crippen MR) is 101 cm³/mol. The summed E-state index contributed by atoms with van der Waals surface area (Å²) < 4.78 is 21.9. The lowest BCUT2D eigenvalue weighted by Gasteiger charge is -2.47. The molecule has 8 heteroatoms. The van der Waals surface area contributed by atoms with Gasteiger partial charge in [0.25, 0.3) is 0 Å². The van der Waals surface area contributed by atoms with Gasteiger partial charge in [-0.05, 0) is 25.7 Å². The summed E-state index contributed by atoms with van der Waals surface area (Å²) in [6, 6.07) is 0. The van der Waals surface area contributed by atoms with E-state index in [1.807, 2.05) is 13.8 Å². The second-order valence-electron chi connectivity index (χ2n) is 7.99. The van der Waals surface area contributed by atoms with Crippen molar-refractivity contribution < 1.29 is 38.1 Å². The van der Waals surface area contributed by atoms with Crippen LogP contribution in [0.4, 0.5) is 0 Å². The zero-order valence-electron chi connectivity index (χ0n) is 17.7. The number of hydrogen-bond donors (Lipinski definition) is 0. The van der Waals surface area contributed by atoms with Gasteiger partial charge in [-0.25, -0.2) is 0 Å². The van der Waals surface area contributed by atoms with Crippen LogP contribution in [0.25, 0.3) is 0 Å². The number of ketones is 1. The lowest BCUT2D eigenvalue weighted by atomic mass is 9.67. The number of hydrogen-bond acceptors (Lipinski definition) is 8. The fourth-order valence-electron chi connectivity index (χ4n) is 4.40. The van der Waals surface area contributed by atoms with Gasteiger partial charge in [-0.2, -0.15) is 0 Å². The van der Waals surface area contributed by atoms with Crippen LogP contribution in [-0.4, -0.2) is 42.9 Å². The summed E-state index contributed by atoms with van der Waals surface area (Å²) >= 11 is 0. The van der Waals surface area contributed by atoms with Crippen molar-refractivity contribution in [3.8, 4) is 0 Å². The van der Waals surface area contributed by atoms with Crippen molar-refractivity contribution in [2.75, 3.05) is 6.61 Å². The summed E-state index contributed by atoms with van der Waals surface area (Å²) in [5, 5.41) is 0. The standard InChI is InChI=1S/C21H32O8/c1-5-15(6-2)19(25)26-12-21-10-8-7-9-16(24)18(21)20(28-14(4)23)29-17(11-21)27-13(3)22/h15,17-18,20H,5-12H2,1-4H3/t17-,18-,20-,21+/m1/s1. The van der Waals surface area contributed by atoms with E-state index >= 15 is 0 Å². The molecule has 4 atom stereocenters. The van der Waals surface area contributed by atoms with E-state index in [0.29, 0.717) is 32.1 Å². The minimum absolute atomic E-state index is 0.00235. The van der Waals surface area contributed by atoms with E-state index in [4.69, 9.17) is 18.9 Å². The second kappa shape index (κ2) is 10.2. The first-order chi connectivity index (χ1) is 13.7. The van der Waals surface area contributed by atoms with E-state index in [2.05, 4.69) is 0 Å². The molecule has 0 unspecified atom stereocenters. The van der Waals surface area contributed by atoms with Crippen molar-refractivity contribution in [3.05, 3.63) is 0 Å². The molecule has 0 aromatic heterocycles. The Morgan fingerprint density at radius 3 is 2.34 bits per heavy atom. The Hall–Kier alpha value is -1.96. The van der Waals surface area contributed by atoms with Crippen LogP contribution >= 0.6 is 0 Å². The van der Waals surface area contributed by atoms with Crippen LogP contribution < -0.4 is 0 Å². The molecule has 0 aromatic rings. The number of Topliss-reactive ketones (excluding diaryl/α,β-unsaturated/α-hetero) is 1. The average molecular weight is 412 g/mol. The minimum Gasteiger partial charge on any atom is -0.465 e. The summed E-state index contributed by atoms with van der Waals surface area (Å²) in [5.74, 6) is -2.51. The Labute approximate surface area is 171 Å². The number of fused-ring (bicyclic) bond motifs is 1. The lowest BCUT2D eigenvalue weighted by Crippen LogP contribution is -2.55. The third-order valence-electron chi connectivity index (χ3n) is 5.89. The zero-order chi connectivity index (χ0) is 21.6. The predicted octanol–water partition coefficient (Wildman–Crippen LogP) is 2.91. The first kappa shape index (κ1) is 23.3. The van der Waals surface area contributed by atoms with Crippen LogP contribution in [0.3, 0.4) is 0 Å². The third kappa shape index (κ3) is 5.78. The number of carbonyl (C=O) groups excluding carboxylic acids is 4. The maximum Gasteiger partial charge on any atom is 0.308 e. The molecule has 1 aliphatic heterocycles. The van der Waals surface area contributed by atoms with Crippen molar-refractivity contribution >= 4 is 23.7 Å². The monoisotopic (exact) mass is 412 g/mol. The fraction of sp³-hybridized carbons (Fsp3) is 0.810. The lowest BCUT2D eigenvalue weighted by molar-refractivity contribution is -0.297. The Morgan fingerprint density at radius 1 is 1.10 bits per heavy atom. The molecular weight excluding hydrogens is 380 g/mol. The minimum atomic E-state index is -1.18. The van der Waals surface area contributed by atoms with Crippen molar-refractivity contribution in [3.63, 3.8) is 0 Å². The molecule has 29 heavy (non-hydrogen) atoms. The molecule has 8 nitrogen and oxygen atoms in total. The molecule has 2 rings (SSSR count). The van der Waals surface area contributed by atoms with Gasteiger partial charge in [-0.15, -0.1) is 0 Å². The third-order valence-corrected chi connectivity index (χ3v) is 5.89. The van der Waals surface area contributed by atoms with Gasteiger partial charge in [-0.1, -0.05) is 20.3 Å². The van der Waals surface area contributed by atoms with Gasteiger partial charge in [-0.3, -0.25) is 19.2 Å². The largest absolute Gasteiger partial charge is 0.465 e. The summed E-state index contributed by atoms with van der Waals surface area (Å²) in [7, 11) is 0.